The maximum Gasteiger partial charge on any atom is 0.225 e. The molecule has 2 amide bonds. The van der Waals surface area contributed by atoms with Crippen molar-refractivity contribution in [3.63, 3.8) is 0 Å². The van der Waals surface area contributed by atoms with Crippen LogP contribution in [0.4, 0.5) is 0 Å². The van der Waals surface area contributed by atoms with Crippen LogP contribution in [0.3, 0.4) is 0 Å². The van der Waals surface area contributed by atoms with Crippen molar-refractivity contribution >= 4 is 23.4 Å². The average molecular weight is 399 g/mol. The summed E-state index contributed by atoms with van der Waals surface area (Å²) in [6, 6.07) is 14.6. The topological polar surface area (TPSA) is 75.7 Å². The number of hydrogen-bond donors (Lipinski definition) is 1. The SMILES string of the molecule is O=C(NCc1ccc(-c2ccc(Cl)cc2)o1)[C@@H]1CC(=O)N(Cc2ccco2)C1. The van der Waals surface area contributed by atoms with Crippen molar-refractivity contribution in [3.8, 4) is 11.3 Å². The standard InChI is InChI=1S/C21H19ClN2O4/c22-16-5-3-14(4-6-16)19-8-7-17(28-19)11-23-21(26)15-10-20(25)24(12-15)13-18-2-1-9-27-18/h1-9,15H,10-13H2,(H,23,26)/t15-/m1/s1. The van der Waals surface area contributed by atoms with Crippen molar-refractivity contribution in [3.05, 3.63) is 71.3 Å². The fourth-order valence-corrected chi connectivity index (χ4v) is 3.38. The predicted octanol–water partition coefficient (Wildman–Crippen LogP) is 3.86. The van der Waals surface area contributed by atoms with E-state index in [-0.39, 0.29) is 30.7 Å². The third kappa shape index (κ3) is 4.12. The molecule has 0 aliphatic carbocycles. The van der Waals surface area contributed by atoms with Gasteiger partial charge in [-0.1, -0.05) is 11.6 Å². The van der Waals surface area contributed by atoms with E-state index in [4.69, 9.17) is 20.4 Å². The summed E-state index contributed by atoms with van der Waals surface area (Å²) in [7, 11) is 0. The van der Waals surface area contributed by atoms with Crippen LogP contribution in [0, 0.1) is 5.92 Å². The van der Waals surface area contributed by atoms with Gasteiger partial charge in [-0.25, -0.2) is 0 Å². The number of furan rings is 2. The normalized spacial score (nSPS) is 16.5. The van der Waals surface area contributed by atoms with E-state index in [0.717, 1.165) is 5.56 Å². The fraction of sp³-hybridized carbons (Fsp3) is 0.238. The molecule has 0 unspecified atom stereocenters. The number of nitrogens with one attached hydrogen (secondary N) is 1. The van der Waals surface area contributed by atoms with Crippen molar-refractivity contribution in [2.75, 3.05) is 6.54 Å². The van der Waals surface area contributed by atoms with Gasteiger partial charge in [-0.2, -0.15) is 0 Å². The van der Waals surface area contributed by atoms with E-state index in [1.165, 1.54) is 0 Å². The largest absolute Gasteiger partial charge is 0.467 e. The second-order valence-electron chi connectivity index (χ2n) is 6.75. The first kappa shape index (κ1) is 18.4. The predicted molar refractivity (Wildman–Crippen MR) is 103 cm³/mol. The van der Waals surface area contributed by atoms with Gasteiger partial charge in [0.1, 0.15) is 17.3 Å². The summed E-state index contributed by atoms with van der Waals surface area (Å²) < 4.78 is 11.1. The van der Waals surface area contributed by atoms with Gasteiger partial charge < -0.3 is 19.1 Å². The lowest BCUT2D eigenvalue weighted by Gasteiger charge is -2.14. The Morgan fingerprint density at radius 2 is 1.96 bits per heavy atom. The van der Waals surface area contributed by atoms with E-state index in [2.05, 4.69) is 5.32 Å². The van der Waals surface area contributed by atoms with Gasteiger partial charge in [-0.05, 0) is 48.5 Å². The summed E-state index contributed by atoms with van der Waals surface area (Å²) >= 11 is 5.90. The summed E-state index contributed by atoms with van der Waals surface area (Å²) in [4.78, 5) is 26.3. The van der Waals surface area contributed by atoms with Crippen LogP contribution in [0.25, 0.3) is 11.3 Å². The van der Waals surface area contributed by atoms with Gasteiger partial charge in [0.15, 0.2) is 0 Å². The molecule has 0 spiro atoms. The van der Waals surface area contributed by atoms with Crippen molar-refractivity contribution in [1.82, 2.24) is 10.2 Å². The van der Waals surface area contributed by atoms with Gasteiger partial charge >= 0.3 is 0 Å². The number of rotatable bonds is 6. The van der Waals surface area contributed by atoms with Crippen LogP contribution >= 0.6 is 11.6 Å². The van der Waals surface area contributed by atoms with Crippen LogP contribution in [0.2, 0.25) is 5.02 Å². The molecule has 28 heavy (non-hydrogen) atoms. The van der Waals surface area contributed by atoms with E-state index >= 15 is 0 Å². The fourth-order valence-electron chi connectivity index (χ4n) is 3.25. The molecule has 0 bridgehead atoms. The van der Waals surface area contributed by atoms with E-state index in [1.54, 1.807) is 29.4 Å². The van der Waals surface area contributed by atoms with Crippen LogP contribution in [0.5, 0.6) is 0 Å². The molecule has 0 saturated carbocycles. The molecule has 144 valence electrons. The van der Waals surface area contributed by atoms with E-state index in [9.17, 15) is 9.59 Å². The van der Waals surface area contributed by atoms with Gasteiger partial charge in [-0.3, -0.25) is 9.59 Å². The minimum absolute atomic E-state index is 0.0421. The Morgan fingerprint density at radius 1 is 1.14 bits per heavy atom. The molecule has 3 aromatic rings. The van der Waals surface area contributed by atoms with Gasteiger partial charge in [0, 0.05) is 23.6 Å². The quantitative estimate of drug-likeness (QED) is 0.684. The van der Waals surface area contributed by atoms with Crippen LogP contribution in [0.15, 0.2) is 63.6 Å². The number of carbonyl (C=O) groups excluding carboxylic acids is 2. The third-order valence-electron chi connectivity index (χ3n) is 4.74. The number of nitrogens with zero attached hydrogens (tertiary/aromatic N) is 1. The summed E-state index contributed by atoms with van der Waals surface area (Å²) in [5, 5.41) is 3.52. The van der Waals surface area contributed by atoms with Crippen molar-refractivity contribution in [2.24, 2.45) is 5.92 Å². The zero-order chi connectivity index (χ0) is 19.5. The summed E-state index contributed by atoms with van der Waals surface area (Å²) in [6.45, 7) is 1.05. The van der Waals surface area contributed by atoms with Gasteiger partial charge in [-0.15, -0.1) is 0 Å². The number of amides is 2. The Morgan fingerprint density at radius 3 is 2.71 bits per heavy atom. The first-order valence-corrected chi connectivity index (χ1v) is 9.39. The number of likely N-dealkylation sites (tertiary alicyclic amines) is 1. The summed E-state index contributed by atoms with van der Waals surface area (Å²) in [5.74, 6) is 1.50. The second-order valence-corrected chi connectivity index (χ2v) is 7.18. The van der Waals surface area contributed by atoms with E-state index in [0.29, 0.717) is 35.4 Å². The lowest BCUT2D eigenvalue weighted by Crippen LogP contribution is -2.32. The van der Waals surface area contributed by atoms with Gasteiger partial charge in [0.25, 0.3) is 0 Å². The average Bonchev–Trinajstić information content (AvgIpc) is 3.43. The first-order chi connectivity index (χ1) is 13.6. The lowest BCUT2D eigenvalue weighted by molar-refractivity contribution is -0.129. The third-order valence-corrected chi connectivity index (χ3v) is 4.99. The molecule has 1 atom stereocenters. The molecule has 1 fully saturated rings. The molecule has 3 heterocycles. The van der Waals surface area contributed by atoms with Crippen LogP contribution in [-0.4, -0.2) is 23.3 Å². The Hall–Kier alpha value is -2.99. The molecule has 1 aliphatic rings. The molecule has 1 aliphatic heterocycles. The second kappa shape index (κ2) is 7.94. The van der Waals surface area contributed by atoms with Gasteiger partial charge in [0.2, 0.25) is 11.8 Å². The van der Waals surface area contributed by atoms with Crippen LogP contribution < -0.4 is 5.32 Å². The van der Waals surface area contributed by atoms with E-state index in [1.807, 2.05) is 30.3 Å². The van der Waals surface area contributed by atoms with E-state index < -0.39 is 0 Å². The summed E-state index contributed by atoms with van der Waals surface area (Å²) in [6.07, 6.45) is 1.78. The summed E-state index contributed by atoms with van der Waals surface area (Å²) in [5.41, 5.74) is 0.914. The number of benzene rings is 1. The Labute approximate surface area is 167 Å². The molecule has 1 saturated heterocycles. The smallest absolute Gasteiger partial charge is 0.225 e. The molecule has 1 N–H and O–H groups in total. The first-order valence-electron chi connectivity index (χ1n) is 9.01. The van der Waals surface area contributed by atoms with Crippen LogP contribution in [0.1, 0.15) is 17.9 Å². The molecular weight excluding hydrogens is 380 g/mol. The highest BCUT2D eigenvalue weighted by atomic mass is 35.5. The molecule has 1 aromatic carbocycles. The number of carbonyl (C=O) groups is 2. The number of halogens is 1. The highest BCUT2D eigenvalue weighted by Crippen LogP contribution is 2.24. The van der Waals surface area contributed by atoms with Crippen molar-refractivity contribution in [1.29, 1.82) is 0 Å². The maximum atomic E-state index is 12.5. The Balaban J connectivity index is 1.31. The Bertz CT molecular complexity index is 963. The zero-order valence-electron chi connectivity index (χ0n) is 15.1. The maximum absolute atomic E-state index is 12.5. The van der Waals surface area contributed by atoms with Crippen molar-refractivity contribution < 1.29 is 18.4 Å². The molecular formula is C21H19ClN2O4. The molecule has 6 nitrogen and oxygen atoms in total. The van der Waals surface area contributed by atoms with Crippen molar-refractivity contribution in [2.45, 2.75) is 19.5 Å². The minimum Gasteiger partial charge on any atom is -0.467 e. The molecule has 7 heteroatoms. The lowest BCUT2D eigenvalue weighted by atomic mass is 10.1. The molecule has 4 rings (SSSR count). The van der Waals surface area contributed by atoms with Gasteiger partial charge in [0.05, 0.1) is 25.3 Å². The molecule has 2 aromatic heterocycles. The molecule has 0 radical (unpaired) electrons. The highest BCUT2D eigenvalue weighted by Gasteiger charge is 2.34. The monoisotopic (exact) mass is 398 g/mol. The Kier molecular flexibility index (Phi) is 5.21. The van der Waals surface area contributed by atoms with Crippen LogP contribution in [-0.2, 0) is 22.7 Å². The number of hydrogen-bond acceptors (Lipinski definition) is 4. The zero-order valence-corrected chi connectivity index (χ0v) is 15.8. The minimum atomic E-state index is -0.367. The highest BCUT2D eigenvalue weighted by molar-refractivity contribution is 6.30.